The van der Waals surface area contributed by atoms with Crippen molar-refractivity contribution in [3.05, 3.63) is 35.9 Å². The van der Waals surface area contributed by atoms with Crippen molar-refractivity contribution in [3.63, 3.8) is 0 Å². The van der Waals surface area contributed by atoms with Gasteiger partial charge in [0.05, 0.1) is 11.5 Å². The molecule has 0 saturated carbocycles. The fraction of sp³-hybridized carbons (Fsp3) is 0.467. The summed E-state index contributed by atoms with van der Waals surface area (Å²) in [5.41, 5.74) is -0.604. The average molecular weight is 340 g/mol. The number of likely N-dealkylation sites (tertiary alicyclic amines) is 1. The molecular weight excluding hydrogens is 323 g/mol. The zero-order valence-electron chi connectivity index (χ0n) is 12.4. The van der Waals surface area contributed by atoms with Crippen molar-refractivity contribution in [3.8, 4) is 6.07 Å². The summed E-state index contributed by atoms with van der Waals surface area (Å²) in [6.45, 7) is 0.279. The van der Waals surface area contributed by atoms with E-state index in [1.54, 1.807) is 12.1 Å². The van der Waals surface area contributed by atoms with Gasteiger partial charge in [0.2, 0.25) is 0 Å². The Labute approximate surface area is 134 Å². The molecule has 8 heteroatoms. The van der Waals surface area contributed by atoms with Gasteiger partial charge in [-0.3, -0.25) is 0 Å². The summed E-state index contributed by atoms with van der Waals surface area (Å²) in [4.78, 5) is 13.4. The van der Waals surface area contributed by atoms with Gasteiger partial charge in [0, 0.05) is 13.1 Å². The van der Waals surface area contributed by atoms with Crippen molar-refractivity contribution in [2.24, 2.45) is 5.41 Å². The molecule has 0 aromatic heterocycles. The first-order valence-corrected chi connectivity index (χ1v) is 8.68. The standard InChI is InChI=1S/C15H17FN2O4S/c16-23(20,21)12-15(10-17)7-4-8-18(11-15)14(19)22-9-13-5-2-1-3-6-13/h1-3,5-6H,4,7-9,11-12H2. The van der Waals surface area contributed by atoms with Crippen molar-refractivity contribution in [1.82, 2.24) is 4.90 Å². The van der Waals surface area contributed by atoms with Gasteiger partial charge in [-0.15, -0.1) is 3.89 Å². The summed E-state index contributed by atoms with van der Waals surface area (Å²) in [5, 5.41) is 9.25. The molecule has 1 aromatic rings. The Morgan fingerprint density at radius 2 is 2.09 bits per heavy atom. The highest BCUT2D eigenvalue weighted by Gasteiger charge is 2.41. The number of nitriles is 1. The maximum absolute atomic E-state index is 13.0. The largest absolute Gasteiger partial charge is 0.445 e. The molecule has 2 rings (SSSR count). The number of nitrogens with zero attached hydrogens (tertiary/aromatic N) is 2. The van der Waals surface area contributed by atoms with Crippen LogP contribution in [0, 0.1) is 16.7 Å². The maximum atomic E-state index is 13.0. The smallest absolute Gasteiger partial charge is 0.410 e. The molecule has 23 heavy (non-hydrogen) atoms. The Kier molecular flexibility index (Phi) is 5.21. The minimum Gasteiger partial charge on any atom is -0.445 e. The number of piperidine rings is 1. The van der Waals surface area contributed by atoms with Crippen LogP contribution in [0.5, 0.6) is 0 Å². The van der Waals surface area contributed by atoms with Gasteiger partial charge in [-0.25, -0.2) is 4.79 Å². The minimum absolute atomic E-state index is 0.0805. The Morgan fingerprint density at radius 3 is 2.70 bits per heavy atom. The molecule has 1 amide bonds. The van der Waals surface area contributed by atoms with E-state index in [-0.39, 0.29) is 19.6 Å². The molecule has 1 aromatic carbocycles. The second-order valence-electron chi connectivity index (χ2n) is 5.64. The lowest BCUT2D eigenvalue weighted by molar-refractivity contribution is 0.0712. The van der Waals surface area contributed by atoms with Crippen molar-refractivity contribution in [1.29, 1.82) is 5.26 Å². The van der Waals surface area contributed by atoms with E-state index in [4.69, 9.17) is 4.74 Å². The number of ether oxygens (including phenoxy) is 1. The van der Waals surface area contributed by atoms with Gasteiger partial charge < -0.3 is 9.64 Å². The lowest BCUT2D eigenvalue weighted by atomic mass is 9.83. The van der Waals surface area contributed by atoms with Crippen molar-refractivity contribution in [2.75, 3.05) is 18.8 Å². The van der Waals surface area contributed by atoms with Crippen LogP contribution in [0.25, 0.3) is 0 Å². The van der Waals surface area contributed by atoms with Gasteiger partial charge in [-0.1, -0.05) is 30.3 Å². The second kappa shape index (κ2) is 6.96. The van der Waals surface area contributed by atoms with Crippen LogP contribution in [0.4, 0.5) is 8.68 Å². The Morgan fingerprint density at radius 1 is 1.39 bits per heavy atom. The fourth-order valence-electron chi connectivity index (χ4n) is 2.67. The van der Waals surface area contributed by atoms with E-state index < -0.39 is 27.5 Å². The Hall–Kier alpha value is -2.14. The predicted octanol–water partition coefficient (Wildman–Crippen LogP) is 2.23. The normalized spacial score (nSPS) is 21.5. The van der Waals surface area contributed by atoms with Crippen LogP contribution < -0.4 is 0 Å². The van der Waals surface area contributed by atoms with E-state index in [1.165, 1.54) is 4.90 Å². The second-order valence-corrected chi connectivity index (χ2v) is 7.01. The summed E-state index contributed by atoms with van der Waals surface area (Å²) < 4.78 is 40.0. The van der Waals surface area contributed by atoms with E-state index in [9.17, 15) is 22.4 Å². The SMILES string of the molecule is N#CC1(CS(=O)(=O)F)CCCN(C(=O)OCc2ccccc2)C1. The summed E-state index contributed by atoms with van der Waals surface area (Å²) in [6, 6.07) is 10.9. The maximum Gasteiger partial charge on any atom is 0.410 e. The lowest BCUT2D eigenvalue weighted by Crippen LogP contribution is -2.48. The molecule has 0 aliphatic carbocycles. The molecule has 1 aliphatic heterocycles. The molecule has 6 nitrogen and oxygen atoms in total. The summed E-state index contributed by atoms with van der Waals surface area (Å²) in [7, 11) is -4.80. The van der Waals surface area contributed by atoms with Crippen LogP contribution in [0.15, 0.2) is 30.3 Å². The first-order valence-electron chi connectivity index (χ1n) is 7.13. The third-order valence-corrected chi connectivity index (χ3v) is 4.62. The van der Waals surface area contributed by atoms with Crippen LogP contribution in [0.1, 0.15) is 18.4 Å². The number of hydrogen-bond acceptors (Lipinski definition) is 5. The minimum atomic E-state index is -4.80. The fourth-order valence-corrected chi connectivity index (χ4v) is 3.63. The van der Waals surface area contributed by atoms with Crippen LogP contribution in [0.2, 0.25) is 0 Å². The van der Waals surface area contributed by atoms with Crippen LogP contribution in [-0.4, -0.2) is 38.3 Å². The molecular formula is C15H17FN2O4S. The first-order chi connectivity index (χ1) is 10.8. The molecule has 1 heterocycles. The quantitative estimate of drug-likeness (QED) is 0.784. The van der Waals surface area contributed by atoms with Crippen molar-refractivity contribution < 1.29 is 21.8 Å². The number of amides is 1. The van der Waals surface area contributed by atoms with Gasteiger partial charge >= 0.3 is 16.3 Å². The molecule has 1 fully saturated rings. The third kappa shape index (κ3) is 4.93. The van der Waals surface area contributed by atoms with Gasteiger partial charge in [-0.05, 0) is 18.4 Å². The number of hydrogen-bond donors (Lipinski definition) is 0. The van der Waals surface area contributed by atoms with E-state index in [0.29, 0.717) is 13.0 Å². The highest BCUT2D eigenvalue weighted by atomic mass is 32.3. The van der Waals surface area contributed by atoms with Gasteiger partial charge in [0.25, 0.3) is 0 Å². The highest BCUT2D eigenvalue weighted by Crippen LogP contribution is 2.31. The zero-order chi connectivity index (χ0) is 16.9. The number of benzene rings is 1. The highest BCUT2D eigenvalue weighted by molar-refractivity contribution is 7.86. The third-order valence-electron chi connectivity index (χ3n) is 3.73. The predicted molar refractivity (Wildman–Crippen MR) is 80.4 cm³/mol. The molecule has 0 bridgehead atoms. The molecule has 0 radical (unpaired) electrons. The average Bonchev–Trinajstić information content (AvgIpc) is 2.52. The summed E-state index contributed by atoms with van der Waals surface area (Å²) >= 11 is 0. The molecule has 1 aliphatic rings. The first kappa shape index (κ1) is 17.2. The number of carbonyl (C=O) groups excluding carboxylic acids is 1. The van der Waals surface area contributed by atoms with Gasteiger partial charge in [0.15, 0.2) is 0 Å². The molecule has 1 atom stereocenters. The van der Waals surface area contributed by atoms with Crippen molar-refractivity contribution in [2.45, 2.75) is 19.4 Å². The van der Waals surface area contributed by atoms with E-state index >= 15 is 0 Å². The van der Waals surface area contributed by atoms with Crippen LogP contribution in [0.3, 0.4) is 0 Å². The lowest BCUT2D eigenvalue weighted by Gasteiger charge is -2.36. The topological polar surface area (TPSA) is 87.5 Å². The molecule has 0 N–H and O–H groups in total. The monoisotopic (exact) mass is 340 g/mol. The molecule has 1 saturated heterocycles. The summed E-state index contributed by atoms with van der Waals surface area (Å²) in [5.74, 6) is -0.904. The molecule has 124 valence electrons. The van der Waals surface area contributed by atoms with E-state index in [2.05, 4.69) is 0 Å². The van der Waals surface area contributed by atoms with Crippen LogP contribution >= 0.6 is 0 Å². The Balaban J connectivity index is 1.99. The number of halogens is 1. The number of rotatable bonds is 4. The number of carbonyl (C=O) groups is 1. The molecule has 0 spiro atoms. The van der Waals surface area contributed by atoms with Crippen molar-refractivity contribution >= 4 is 16.3 Å². The van der Waals surface area contributed by atoms with Gasteiger partial charge in [0.1, 0.15) is 12.4 Å². The van der Waals surface area contributed by atoms with E-state index in [1.807, 2.05) is 24.3 Å². The summed E-state index contributed by atoms with van der Waals surface area (Å²) in [6.07, 6.45) is 0.0166. The van der Waals surface area contributed by atoms with E-state index in [0.717, 1.165) is 5.56 Å². The zero-order valence-corrected chi connectivity index (χ0v) is 13.3. The van der Waals surface area contributed by atoms with Gasteiger partial charge in [-0.2, -0.15) is 13.7 Å². The van der Waals surface area contributed by atoms with Crippen LogP contribution in [-0.2, 0) is 21.6 Å². The Bertz CT molecular complexity index is 702. The molecule has 1 unspecified atom stereocenters.